The lowest BCUT2D eigenvalue weighted by molar-refractivity contribution is 0.162. The van der Waals surface area contributed by atoms with Crippen molar-refractivity contribution in [3.8, 4) is 0 Å². The quantitative estimate of drug-likeness (QED) is 0.707. The number of fused-ring (bicyclic) bond motifs is 1. The highest BCUT2D eigenvalue weighted by Crippen LogP contribution is 2.42. The van der Waals surface area contributed by atoms with Crippen LogP contribution in [0, 0.1) is 11.8 Å². The molecule has 0 aliphatic heterocycles. The van der Waals surface area contributed by atoms with Gasteiger partial charge < -0.3 is 10.3 Å². The van der Waals surface area contributed by atoms with E-state index in [0.29, 0.717) is 6.04 Å². The van der Waals surface area contributed by atoms with Gasteiger partial charge in [-0.2, -0.15) is 0 Å². The Morgan fingerprint density at radius 2 is 2.57 bits per heavy atom. The number of imidazole rings is 1. The van der Waals surface area contributed by atoms with Crippen molar-refractivity contribution >= 4 is 0 Å². The molecule has 14 heavy (non-hydrogen) atoms. The molecule has 0 amide bonds. The molecule has 1 saturated carbocycles. The molecule has 2 aliphatic rings. The minimum atomic E-state index is 0.696. The molecule has 1 aromatic rings. The summed E-state index contributed by atoms with van der Waals surface area (Å²) < 4.78 is 0. The van der Waals surface area contributed by atoms with Crippen LogP contribution in [-0.2, 0) is 6.54 Å². The third kappa shape index (κ3) is 1.28. The first-order chi connectivity index (χ1) is 6.93. The van der Waals surface area contributed by atoms with Crippen molar-refractivity contribution in [2.24, 2.45) is 11.8 Å². The third-order valence-electron chi connectivity index (χ3n) is 3.47. The van der Waals surface area contributed by atoms with Crippen LogP contribution >= 0.6 is 0 Å². The zero-order valence-electron chi connectivity index (χ0n) is 8.11. The topological polar surface area (TPSA) is 40.7 Å². The summed E-state index contributed by atoms with van der Waals surface area (Å²) in [5.74, 6) is 1.74. The number of allylic oxidation sites excluding steroid dienone is 1. The second-order valence-electron chi connectivity index (χ2n) is 4.30. The Hall–Kier alpha value is -1.09. The van der Waals surface area contributed by atoms with Crippen LogP contribution < -0.4 is 5.32 Å². The van der Waals surface area contributed by atoms with Gasteiger partial charge in [-0.1, -0.05) is 12.2 Å². The molecule has 1 heterocycles. The largest absolute Gasteiger partial charge is 0.347 e. The Kier molecular flexibility index (Phi) is 1.91. The van der Waals surface area contributed by atoms with Crippen molar-refractivity contribution in [1.82, 2.24) is 15.3 Å². The molecule has 0 saturated heterocycles. The van der Waals surface area contributed by atoms with Crippen LogP contribution in [0.4, 0.5) is 0 Å². The van der Waals surface area contributed by atoms with E-state index in [1.54, 1.807) is 6.33 Å². The molecule has 3 rings (SSSR count). The van der Waals surface area contributed by atoms with Gasteiger partial charge in [0.15, 0.2) is 0 Å². The van der Waals surface area contributed by atoms with Crippen molar-refractivity contribution < 1.29 is 0 Å². The molecule has 3 atom stereocenters. The van der Waals surface area contributed by atoms with Gasteiger partial charge in [-0.25, -0.2) is 4.98 Å². The average Bonchev–Trinajstić information content (AvgIpc) is 2.76. The third-order valence-corrected chi connectivity index (χ3v) is 3.47. The van der Waals surface area contributed by atoms with E-state index < -0.39 is 0 Å². The van der Waals surface area contributed by atoms with Gasteiger partial charge in [0.05, 0.1) is 6.33 Å². The summed E-state index contributed by atoms with van der Waals surface area (Å²) in [7, 11) is 0. The van der Waals surface area contributed by atoms with Gasteiger partial charge in [-0.3, -0.25) is 0 Å². The van der Waals surface area contributed by atoms with Crippen molar-refractivity contribution in [2.45, 2.75) is 25.4 Å². The summed E-state index contributed by atoms with van der Waals surface area (Å²) >= 11 is 0. The van der Waals surface area contributed by atoms with Crippen molar-refractivity contribution in [3.05, 3.63) is 30.4 Å². The Labute approximate surface area is 83.6 Å². The molecular weight excluding hydrogens is 174 g/mol. The lowest BCUT2D eigenvalue weighted by Gasteiger charge is -2.40. The van der Waals surface area contributed by atoms with E-state index in [9.17, 15) is 0 Å². The van der Waals surface area contributed by atoms with E-state index in [1.165, 1.54) is 18.5 Å². The average molecular weight is 189 g/mol. The summed E-state index contributed by atoms with van der Waals surface area (Å²) in [5.41, 5.74) is 1.18. The molecule has 1 aromatic heterocycles. The van der Waals surface area contributed by atoms with Crippen molar-refractivity contribution in [2.75, 3.05) is 0 Å². The highest BCUT2D eigenvalue weighted by molar-refractivity contribution is 5.13. The molecule has 2 N–H and O–H groups in total. The first-order valence-corrected chi connectivity index (χ1v) is 5.31. The fourth-order valence-electron chi connectivity index (χ4n) is 2.57. The fraction of sp³-hybridized carbons (Fsp3) is 0.545. The van der Waals surface area contributed by atoms with E-state index in [2.05, 4.69) is 27.4 Å². The van der Waals surface area contributed by atoms with Gasteiger partial charge in [0, 0.05) is 24.5 Å². The zero-order chi connectivity index (χ0) is 9.38. The standard InChI is InChI=1S/C11H15N3/c1-2-8-4-11(10(8)3-1)13-6-9-5-12-7-14-9/h1,3,5,7-8,10-11,13H,2,4,6H2,(H,12,14). The molecular formula is C11H15N3. The lowest BCUT2D eigenvalue weighted by atomic mass is 9.71. The number of nitrogens with one attached hydrogen (secondary N) is 2. The van der Waals surface area contributed by atoms with Crippen LogP contribution in [0.25, 0.3) is 0 Å². The first kappa shape index (κ1) is 8.24. The maximum atomic E-state index is 4.00. The van der Waals surface area contributed by atoms with E-state index >= 15 is 0 Å². The second-order valence-corrected chi connectivity index (χ2v) is 4.30. The predicted octanol–water partition coefficient (Wildman–Crippen LogP) is 1.46. The van der Waals surface area contributed by atoms with Crippen LogP contribution in [0.3, 0.4) is 0 Å². The first-order valence-electron chi connectivity index (χ1n) is 5.31. The number of rotatable bonds is 3. The molecule has 0 spiro atoms. The summed E-state index contributed by atoms with van der Waals surface area (Å²) in [6.07, 6.45) is 11.0. The normalized spacial score (nSPS) is 34.1. The van der Waals surface area contributed by atoms with Crippen molar-refractivity contribution in [3.63, 3.8) is 0 Å². The monoisotopic (exact) mass is 189 g/mol. The summed E-state index contributed by atoms with van der Waals surface area (Å²) in [5, 5.41) is 3.57. The number of H-pyrrole nitrogens is 1. The number of nitrogens with zero attached hydrogens (tertiary/aromatic N) is 1. The van der Waals surface area contributed by atoms with E-state index in [0.717, 1.165) is 18.4 Å². The molecule has 0 bridgehead atoms. The zero-order valence-corrected chi connectivity index (χ0v) is 8.11. The molecule has 3 heteroatoms. The molecule has 2 aliphatic carbocycles. The minimum Gasteiger partial charge on any atom is -0.347 e. The van der Waals surface area contributed by atoms with Gasteiger partial charge in [0.2, 0.25) is 0 Å². The van der Waals surface area contributed by atoms with Crippen molar-refractivity contribution in [1.29, 1.82) is 0 Å². The Morgan fingerprint density at radius 3 is 3.36 bits per heavy atom. The van der Waals surface area contributed by atoms with Gasteiger partial charge in [0.1, 0.15) is 0 Å². The predicted molar refractivity (Wildman–Crippen MR) is 54.6 cm³/mol. The number of aromatic nitrogens is 2. The maximum Gasteiger partial charge on any atom is 0.0922 e. The molecule has 0 aromatic carbocycles. The van der Waals surface area contributed by atoms with Crippen LogP contribution in [-0.4, -0.2) is 16.0 Å². The maximum absolute atomic E-state index is 4.00. The molecule has 3 nitrogen and oxygen atoms in total. The van der Waals surface area contributed by atoms with E-state index in [4.69, 9.17) is 0 Å². The van der Waals surface area contributed by atoms with Gasteiger partial charge in [-0.15, -0.1) is 0 Å². The smallest absolute Gasteiger partial charge is 0.0922 e. The van der Waals surface area contributed by atoms with Crippen LogP contribution in [0.15, 0.2) is 24.7 Å². The Balaban J connectivity index is 1.52. The van der Waals surface area contributed by atoms with Crippen LogP contribution in [0.1, 0.15) is 18.5 Å². The highest BCUT2D eigenvalue weighted by Gasteiger charge is 2.40. The molecule has 1 fully saturated rings. The number of hydrogen-bond acceptors (Lipinski definition) is 2. The second kappa shape index (κ2) is 3.24. The lowest BCUT2D eigenvalue weighted by Crippen LogP contribution is -2.47. The summed E-state index contributed by atoms with van der Waals surface area (Å²) in [4.78, 5) is 7.11. The molecule has 3 unspecified atom stereocenters. The number of aromatic amines is 1. The van der Waals surface area contributed by atoms with E-state index in [-0.39, 0.29) is 0 Å². The fourth-order valence-corrected chi connectivity index (χ4v) is 2.57. The van der Waals surface area contributed by atoms with Gasteiger partial charge >= 0.3 is 0 Å². The van der Waals surface area contributed by atoms with Crippen LogP contribution in [0.5, 0.6) is 0 Å². The van der Waals surface area contributed by atoms with Gasteiger partial charge in [0.25, 0.3) is 0 Å². The molecule has 74 valence electrons. The van der Waals surface area contributed by atoms with Crippen LogP contribution in [0.2, 0.25) is 0 Å². The summed E-state index contributed by atoms with van der Waals surface area (Å²) in [6, 6.07) is 0.696. The van der Waals surface area contributed by atoms with Gasteiger partial charge in [-0.05, 0) is 24.7 Å². The minimum absolute atomic E-state index is 0.696. The SMILES string of the molecule is C1=CC2C(C1)CC2NCc1cnc[nH]1. The Morgan fingerprint density at radius 1 is 1.57 bits per heavy atom. The molecule has 0 radical (unpaired) electrons. The Bertz CT molecular complexity index is 328. The summed E-state index contributed by atoms with van der Waals surface area (Å²) in [6.45, 7) is 0.918. The van der Waals surface area contributed by atoms with E-state index in [1.807, 2.05) is 6.20 Å². The number of hydrogen-bond donors (Lipinski definition) is 2. The highest BCUT2D eigenvalue weighted by atomic mass is 15.0.